The van der Waals surface area contributed by atoms with Crippen LogP contribution in [0, 0.1) is 5.92 Å². The van der Waals surface area contributed by atoms with Crippen LogP contribution in [0.4, 0.5) is 0 Å². The van der Waals surface area contributed by atoms with Gasteiger partial charge in [-0.25, -0.2) is 0 Å². The first-order chi connectivity index (χ1) is 4.59. The van der Waals surface area contributed by atoms with Gasteiger partial charge in [-0.15, -0.1) is 0 Å². The van der Waals surface area contributed by atoms with Gasteiger partial charge in [0, 0.05) is 0 Å². The number of carbonyl (C=O) groups is 2. The van der Waals surface area contributed by atoms with Crippen LogP contribution in [-0.2, 0) is 9.59 Å². The molecule has 2 N–H and O–H groups in total. The maximum Gasteiger partial charge on any atom is 0.227 e. The summed E-state index contributed by atoms with van der Waals surface area (Å²) in [5.41, 5.74) is 4.96. The van der Waals surface area contributed by atoms with Crippen molar-refractivity contribution in [3.63, 3.8) is 0 Å². The van der Waals surface area contributed by atoms with E-state index in [-0.39, 0.29) is 5.78 Å². The van der Waals surface area contributed by atoms with Gasteiger partial charge in [0.05, 0.1) is 5.92 Å². The summed E-state index contributed by atoms with van der Waals surface area (Å²) in [6.07, 6.45) is 1.39. The summed E-state index contributed by atoms with van der Waals surface area (Å²) in [4.78, 5) is 21.2. The predicted molar refractivity (Wildman–Crippen MR) is 38.3 cm³/mol. The van der Waals surface area contributed by atoms with Gasteiger partial charge in [-0.2, -0.15) is 0 Å². The van der Waals surface area contributed by atoms with Gasteiger partial charge in [-0.3, -0.25) is 9.59 Å². The van der Waals surface area contributed by atoms with Crippen molar-refractivity contribution in [3.05, 3.63) is 0 Å². The Hall–Kier alpha value is -0.860. The van der Waals surface area contributed by atoms with Gasteiger partial charge < -0.3 is 5.73 Å². The number of ketones is 1. The number of Topliss-reactive ketones (excluding diaryl/α,β-unsaturated/α-hetero) is 1. The Labute approximate surface area is 60.6 Å². The summed E-state index contributed by atoms with van der Waals surface area (Å²) in [5.74, 6) is -1.20. The van der Waals surface area contributed by atoms with Crippen molar-refractivity contribution in [1.29, 1.82) is 0 Å². The monoisotopic (exact) mass is 143 g/mol. The molecule has 0 rings (SSSR count). The van der Waals surface area contributed by atoms with Crippen LogP contribution in [0.15, 0.2) is 0 Å². The summed E-state index contributed by atoms with van der Waals surface area (Å²) in [7, 11) is 0. The SMILES string of the molecule is CCCC(C(C)=O)C(N)=O. The number of nitrogens with two attached hydrogens (primary N) is 1. The van der Waals surface area contributed by atoms with E-state index >= 15 is 0 Å². The van der Waals surface area contributed by atoms with Gasteiger partial charge in [0.1, 0.15) is 5.78 Å². The van der Waals surface area contributed by atoms with Crippen molar-refractivity contribution >= 4 is 11.7 Å². The lowest BCUT2D eigenvalue weighted by atomic mass is 9.99. The maximum absolute atomic E-state index is 10.7. The third kappa shape index (κ3) is 2.62. The van der Waals surface area contributed by atoms with Gasteiger partial charge in [0.2, 0.25) is 5.91 Å². The molecule has 0 saturated heterocycles. The van der Waals surface area contributed by atoms with Crippen LogP contribution in [0.2, 0.25) is 0 Å². The Bertz CT molecular complexity index is 129. The highest BCUT2D eigenvalue weighted by molar-refractivity contribution is 5.99. The van der Waals surface area contributed by atoms with Gasteiger partial charge >= 0.3 is 0 Å². The second kappa shape index (κ2) is 4.04. The first-order valence-corrected chi connectivity index (χ1v) is 3.39. The minimum Gasteiger partial charge on any atom is -0.369 e. The molecule has 3 heteroatoms. The van der Waals surface area contributed by atoms with Crippen LogP contribution in [-0.4, -0.2) is 11.7 Å². The van der Waals surface area contributed by atoms with E-state index in [2.05, 4.69) is 0 Å². The Morgan fingerprint density at radius 1 is 1.50 bits per heavy atom. The molecule has 0 fully saturated rings. The standard InChI is InChI=1S/C7H13NO2/c1-3-4-6(5(2)9)7(8)10/h6H,3-4H2,1-2H3,(H2,8,10). The highest BCUT2D eigenvalue weighted by Crippen LogP contribution is 2.05. The molecule has 0 saturated carbocycles. The first kappa shape index (κ1) is 9.14. The molecule has 0 aromatic carbocycles. The molecule has 0 aliphatic heterocycles. The second-order valence-corrected chi connectivity index (χ2v) is 2.35. The fourth-order valence-electron chi connectivity index (χ4n) is 0.835. The molecule has 0 aliphatic rings. The van der Waals surface area contributed by atoms with Crippen molar-refractivity contribution in [2.75, 3.05) is 0 Å². The lowest BCUT2D eigenvalue weighted by Crippen LogP contribution is -2.28. The fourth-order valence-corrected chi connectivity index (χ4v) is 0.835. The summed E-state index contributed by atoms with van der Waals surface area (Å²) >= 11 is 0. The Morgan fingerprint density at radius 2 is 2.00 bits per heavy atom. The summed E-state index contributed by atoms with van der Waals surface area (Å²) in [6.45, 7) is 3.31. The second-order valence-electron chi connectivity index (χ2n) is 2.35. The lowest BCUT2D eigenvalue weighted by Gasteiger charge is -2.05. The van der Waals surface area contributed by atoms with Crippen LogP contribution >= 0.6 is 0 Å². The smallest absolute Gasteiger partial charge is 0.227 e. The average Bonchev–Trinajstić information content (AvgIpc) is 1.81. The van der Waals surface area contributed by atoms with Crippen molar-refractivity contribution in [2.24, 2.45) is 11.7 Å². The molecule has 3 nitrogen and oxygen atoms in total. The molecule has 0 aliphatic carbocycles. The topological polar surface area (TPSA) is 60.2 Å². The molecule has 0 aromatic rings. The zero-order valence-corrected chi connectivity index (χ0v) is 6.39. The number of primary amides is 1. The predicted octanol–water partition coefficient (Wildman–Crippen LogP) is 0.477. The highest BCUT2D eigenvalue weighted by Gasteiger charge is 2.18. The third-order valence-electron chi connectivity index (χ3n) is 1.41. The van der Waals surface area contributed by atoms with Crippen molar-refractivity contribution in [2.45, 2.75) is 26.7 Å². The molecule has 0 aromatic heterocycles. The largest absolute Gasteiger partial charge is 0.369 e. The van der Waals surface area contributed by atoms with E-state index in [0.29, 0.717) is 6.42 Å². The molecule has 0 bridgehead atoms. The molecule has 1 atom stereocenters. The summed E-state index contributed by atoms with van der Waals surface area (Å²) in [5, 5.41) is 0. The minimum absolute atomic E-state index is 0.130. The Kier molecular flexibility index (Phi) is 3.69. The molecule has 10 heavy (non-hydrogen) atoms. The molecule has 1 unspecified atom stereocenters. The number of hydrogen-bond acceptors (Lipinski definition) is 2. The number of rotatable bonds is 4. The van der Waals surface area contributed by atoms with E-state index in [1.165, 1.54) is 6.92 Å². The molecule has 58 valence electrons. The normalized spacial score (nSPS) is 12.6. The summed E-state index contributed by atoms with van der Waals surface area (Å²) in [6, 6.07) is 0. The van der Waals surface area contributed by atoms with Crippen molar-refractivity contribution in [3.8, 4) is 0 Å². The van der Waals surface area contributed by atoms with Crippen LogP contribution in [0.25, 0.3) is 0 Å². The van der Waals surface area contributed by atoms with Crippen LogP contribution < -0.4 is 5.73 Å². The molecular weight excluding hydrogens is 130 g/mol. The van der Waals surface area contributed by atoms with E-state index in [1.54, 1.807) is 0 Å². The van der Waals surface area contributed by atoms with Crippen LogP contribution in [0.3, 0.4) is 0 Å². The van der Waals surface area contributed by atoms with Gasteiger partial charge in [-0.1, -0.05) is 13.3 Å². The number of amides is 1. The summed E-state index contributed by atoms with van der Waals surface area (Å²) < 4.78 is 0. The quantitative estimate of drug-likeness (QED) is 0.582. The molecule has 0 heterocycles. The van der Waals surface area contributed by atoms with E-state index in [0.717, 1.165) is 6.42 Å². The Morgan fingerprint density at radius 3 is 2.10 bits per heavy atom. The molecule has 0 spiro atoms. The van der Waals surface area contributed by atoms with Gasteiger partial charge in [0.15, 0.2) is 0 Å². The first-order valence-electron chi connectivity index (χ1n) is 3.39. The van der Waals surface area contributed by atoms with Crippen LogP contribution in [0.5, 0.6) is 0 Å². The highest BCUT2D eigenvalue weighted by atomic mass is 16.2. The lowest BCUT2D eigenvalue weighted by molar-refractivity contribution is -0.131. The third-order valence-corrected chi connectivity index (χ3v) is 1.41. The van der Waals surface area contributed by atoms with Gasteiger partial charge in [0.25, 0.3) is 0 Å². The van der Waals surface area contributed by atoms with E-state index < -0.39 is 11.8 Å². The minimum atomic E-state index is -0.565. The zero-order valence-electron chi connectivity index (χ0n) is 6.39. The number of hydrogen-bond donors (Lipinski definition) is 1. The Balaban J connectivity index is 3.98. The molecular formula is C7H13NO2. The van der Waals surface area contributed by atoms with E-state index in [1.807, 2.05) is 6.92 Å². The van der Waals surface area contributed by atoms with Crippen molar-refractivity contribution in [1.82, 2.24) is 0 Å². The van der Waals surface area contributed by atoms with E-state index in [4.69, 9.17) is 5.73 Å². The van der Waals surface area contributed by atoms with Crippen molar-refractivity contribution < 1.29 is 9.59 Å². The molecule has 0 radical (unpaired) electrons. The number of carbonyl (C=O) groups excluding carboxylic acids is 2. The zero-order chi connectivity index (χ0) is 8.15. The van der Waals surface area contributed by atoms with Gasteiger partial charge in [-0.05, 0) is 13.3 Å². The maximum atomic E-state index is 10.7. The van der Waals surface area contributed by atoms with E-state index in [9.17, 15) is 9.59 Å². The fraction of sp³-hybridized carbons (Fsp3) is 0.714. The van der Waals surface area contributed by atoms with Crippen LogP contribution in [0.1, 0.15) is 26.7 Å². The average molecular weight is 143 g/mol. The molecule has 1 amide bonds.